The second kappa shape index (κ2) is 7.48. The molecule has 1 aliphatic heterocycles. The zero-order chi connectivity index (χ0) is 20.5. The molecule has 0 radical (unpaired) electrons. The molecule has 2 heterocycles. The van der Waals surface area contributed by atoms with Crippen molar-refractivity contribution in [1.29, 1.82) is 0 Å². The van der Waals surface area contributed by atoms with Gasteiger partial charge in [-0.1, -0.05) is 34.1 Å². The van der Waals surface area contributed by atoms with Gasteiger partial charge in [-0.25, -0.2) is 9.79 Å². The molecule has 4 rings (SSSR count). The fourth-order valence-electron chi connectivity index (χ4n) is 2.81. The van der Waals surface area contributed by atoms with E-state index in [-0.39, 0.29) is 17.3 Å². The molecule has 0 unspecified atom stereocenters. The standard InChI is InChI=1S/C21H13BrN2O5/c1-12-2-3-14(10-18(12)24(26)27)20-23-17(21(25)29-20)11-16-8-9-19(28-16)13-4-6-15(22)7-5-13/h2-11H,1H3. The van der Waals surface area contributed by atoms with Crippen LogP contribution in [0, 0.1) is 17.0 Å². The Morgan fingerprint density at radius 1 is 1.07 bits per heavy atom. The molecule has 0 saturated carbocycles. The van der Waals surface area contributed by atoms with Gasteiger partial charge in [-0.3, -0.25) is 10.1 Å². The third kappa shape index (κ3) is 3.88. The van der Waals surface area contributed by atoms with Crippen LogP contribution in [-0.4, -0.2) is 16.8 Å². The maximum atomic E-state index is 12.2. The number of ether oxygens (including phenoxy) is 1. The first-order valence-corrected chi connectivity index (χ1v) is 9.34. The zero-order valence-electron chi connectivity index (χ0n) is 15.1. The van der Waals surface area contributed by atoms with Gasteiger partial charge in [-0.05, 0) is 37.3 Å². The number of nitrogens with zero attached hydrogens (tertiary/aromatic N) is 2. The number of rotatable bonds is 4. The van der Waals surface area contributed by atoms with Crippen LogP contribution in [0.25, 0.3) is 17.4 Å². The molecule has 0 aliphatic carbocycles. The molecule has 8 heteroatoms. The lowest BCUT2D eigenvalue weighted by molar-refractivity contribution is -0.385. The van der Waals surface area contributed by atoms with E-state index < -0.39 is 10.9 Å². The molecule has 0 spiro atoms. The average molecular weight is 453 g/mol. The summed E-state index contributed by atoms with van der Waals surface area (Å²) in [6, 6.07) is 15.7. The van der Waals surface area contributed by atoms with Gasteiger partial charge in [-0.2, -0.15) is 0 Å². The summed E-state index contributed by atoms with van der Waals surface area (Å²) in [7, 11) is 0. The molecular formula is C21H13BrN2O5. The highest BCUT2D eigenvalue weighted by Gasteiger charge is 2.26. The Labute approximate surface area is 173 Å². The Bertz CT molecular complexity index is 1190. The molecule has 7 nitrogen and oxygen atoms in total. The summed E-state index contributed by atoms with van der Waals surface area (Å²) in [5.74, 6) is 0.456. The van der Waals surface area contributed by atoms with Crippen molar-refractivity contribution in [2.45, 2.75) is 6.92 Å². The van der Waals surface area contributed by atoms with Gasteiger partial charge in [0.05, 0.1) is 4.92 Å². The molecule has 0 saturated heterocycles. The van der Waals surface area contributed by atoms with Crippen LogP contribution in [0.3, 0.4) is 0 Å². The minimum Gasteiger partial charge on any atom is -0.457 e. The lowest BCUT2D eigenvalue weighted by Gasteiger charge is -2.01. The van der Waals surface area contributed by atoms with Gasteiger partial charge < -0.3 is 9.15 Å². The molecule has 29 heavy (non-hydrogen) atoms. The summed E-state index contributed by atoms with van der Waals surface area (Å²) in [4.78, 5) is 27.0. The molecule has 1 aromatic heterocycles. The fourth-order valence-corrected chi connectivity index (χ4v) is 3.07. The highest BCUT2D eigenvalue weighted by atomic mass is 79.9. The van der Waals surface area contributed by atoms with Crippen LogP contribution < -0.4 is 0 Å². The maximum absolute atomic E-state index is 12.2. The predicted octanol–water partition coefficient (Wildman–Crippen LogP) is 5.27. The number of hydrogen-bond acceptors (Lipinski definition) is 6. The Morgan fingerprint density at radius 3 is 2.52 bits per heavy atom. The maximum Gasteiger partial charge on any atom is 0.363 e. The summed E-state index contributed by atoms with van der Waals surface area (Å²) in [5.41, 5.74) is 1.75. The fraction of sp³-hybridized carbons (Fsp3) is 0.0476. The Morgan fingerprint density at radius 2 is 1.79 bits per heavy atom. The molecule has 0 bridgehead atoms. The topological polar surface area (TPSA) is 94.9 Å². The van der Waals surface area contributed by atoms with Gasteiger partial charge >= 0.3 is 5.97 Å². The second-order valence-electron chi connectivity index (χ2n) is 6.30. The van der Waals surface area contributed by atoms with E-state index in [4.69, 9.17) is 9.15 Å². The summed E-state index contributed by atoms with van der Waals surface area (Å²) < 4.78 is 11.9. The van der Waals surface area contributed by atoms with Crippen molar-refractivity contribution >= 4 is 39.6 Å². The molecule has 2 aromatic carbocycles. The van der Waals surface area contributed by atoms with Crippen molar-refractivity contribution in [3.63, 3.8) is 0 Å². The van der Waals surface area contributed by atoms with Gasteiger partial charge in [-0.15, -0.1) is 0 Å². The lowest BCUT2D eigenvalue weighted by Crippen LogP contribution is -2.06. The number of cyclic esters (lactones) is 1. The second-order valence-corrected chi connectivity index (χ2v) is 7.22. The number of carbonyl (C=O) groups excluding carboxylic acids is 1. The third-order valence-corrected chi connectivity index (χ3v) is 4.84. The number of halogens is 1. The highest BCUT2D eigenvalue weighted by Crippen LogP contribution is 2.27. The number of carbonyl (C=O) groups is 1. The smallest absolute Gasteiger partial charge is 0.363 e. The van der Waals surface area contributed by atoms with E-state index in [1.807, 2.05) is 24.3 Å². The SMILES string of the molecule is Cc1ccc(C2=NC(=Cc3ccc(-c4ccc(Br)cc4)o3)C(=O)O2)cc1[N+](=O)[O-]. The molecule has 3 aromatic rings. The van der Waals surface area contributed by atoms with Crippen molar-refractivity contribution < 1.29 is 18.9 Å². The molecule has 144 valence electrons. The molecule has 0 N–H and O–H groups in total. The number of furan rings is 1. The minimum absolute atomic E-state index is 0.0176. The van der Waals surface area contributed by atoms with Gasteiger partial charge in [0.25, 0.3) is 5.69 Å². The molecule has 0 atom stereocenters. The minimum atomic E-state index is -0.648. The molecule has 0 amide bonds. The molecule has 1 aliphatic rings. The van der Waals surface area contributed by atoms with Gasteiger partial charge in [0.15, 0.2) is 5.70 Å². The van der Waals surface area contributed by atoms with Crippen LogP contribution in [0.15, 0.2) is 74.2 Å². The van der Waals surface area contributed by atoms with Crippen LogP contribution in [0.5, 0.6) is 0 Å². The van der Waals surface area contributed by atoms with E-state index in [0.717, 1.165) is 10.0 Å². The van der Waals surface area contributed by atoms with Crippen molar-refractivity contribution in [2.75, 3.05) is 0 Å². The Hall–Kier alpha value is -3.52. The van der Waals surface area contributed by atoms with Crippen LogP contribution >= 0.6 is 15.9 Å². The number of aliphatic imine (C=N–C) groups is 1. The number of nitro groups is 1. The third-order valence-electron chi connectivity index (χ3n) is 4.31. The Kier molecular flexibility index (Phi) is 4.85. The summed E-state index contributed by atoms with van der Waals surface area (Å²) in [5, 5.41) is 11.1. The van der Waals surface area contributed by atoms with Crippen molar-refractivity contribution in [1.82, 2.24) is 0 Å². The summed E-state index contributed by atoms with van der Waals surface area (Å²) in [6.45, 7) is 1.63. The van der Waals surface area contributed by atoms with Gasteiger partial charge in [0.2, 0.25) is 5.90 Å². The lowest BCUT2D eigenvalue weighted by atomic mass is 10.1. The van der Waals surface area contributed by atoms with Crippen molar-refractivity contribution in [2.24, 2.45) is 4.99 Å². The van der Waals surface area contributed by atoms with Crippen LogP contribution in [0.2, 0.25) is 0 Å². The summed E-state index contributed by atoms with van der Waals surface area (Å²) >= 11 is 3.39. The van der Waals surface area contributed by atoms with E-state index >= 15 is 0 Å². The quantitative estimate of drug-likeness (QED) is 0.232. The Balaban J connectivity index is 1.63. The predicted molar refractivity (Wildman–Crippen MR) is 110 cm³/mol. The zero-order valence-corrected chi connectivity index (χ0v) is 16.7. The first-order valence-electron chi connectivity index (χ1n) is 8.54. The number of esters is 1. The van der Waals surface area contributed by atoms with Crippen LogP contribution in [0.4, 0.5) is 5.69 Å². The van der Waals surface area contributed by atoms with E-state index in [1.54, 1.807) is 31.2 Å². The highest BCUT2D eigenvalue weighted by molar-refractivity contribution is 9.10. The first-order chi connectivity index (χ1) is 13.9. The van der Waals surface area contributed by atoms with Gasteiger partial charge in [0, 0.05) is 33.3 Å². The normalized spacial score (nSPS) is 14.8. The van der Waals surface area contributed by atoms with E-state index in [2.05, 4.69) is 20.9 Å². The largest absolute Gasteiger partial charge is 0.457 e. The monoisotopic (exact) mass is 452 g/mol. The van der Waals surface area contributed by atoms with Crippen molar-refractivity contribution in [3.05, 3.63) is 91.8 Å². The number of aryl methyl sites for hydroxylation is 1. The number of hydrogen-bond donors (Lipinski definition) is 0. The van der Waals surface area contributed by atoms with Crippen molar-refractivity contribution in [3.8, 4) is 11.3 Å². The van der Waals surface area contributed by atoms with E-state index in [0.29, 0.717) is 22.6 Å². The molecule has 0 fully saturated rings. The van der Waals surface area contributed by atoms with Crippen LogP contribution in [-0.2, 0) is 9.53 Å². The van der Waals surface area contributed by atoms with E-state index in [1.165, 1.54) is 12.1 Å². The number of benzene rings is 2. The van der Waals surface area contributed by atoms with Crippen LogP contribution in [0.1, 0.15) is 16.9 Å². The molecular weight excluding hydrogens is 440 g/mol. The van der Waals surface area contributed by atoms with Gasteiger partial charge in [0.1, 0.15) is 11.5 Å². The number of nitro benzene ring substituents is 1. The average Bonchev–Trinajstić information content (AvgIpc) is 3.30. The first kappa shape index (κ1) is 18.8. The van der Waals surface area contributed by atoms with E-state index in [9.17, 15) is 14.9 Å². The summed E-state index contributed by atoms with van der Waals surface area (Å²) in [6.07, 6.45) is 1.47.